The Hall–Kier alpha value is -2.62. The van der Waals surface area contributed by atoms with Crippen LogP contribution < -0.4 is 0 Å². The second-order valence-electron chi connectivity index (χ2n) is 9.03. The number of ether oxygens (including phenoxy) is 1. The number of piperidine rings is 1. The quantitative estimate of drug-likeness (QED) is 0.549. The zero-order valence-electron chi connectivity index (χ0n) is 18.9. The molecule has 4 nitrogen and oxygen atoms in total. The molecule has 0 aromatic heterocycles. The molecule has 31 heavy (non-hydrogen) atoms. The third-order valence-electron chi connectivity index (χ3n) is 6.97. The largest absolute Gasteiger partial charge is 0.445 e. The van der Waals surface area contributed by atoms with Gasteiger partial charge < -0.3 is 9.64 Å². The lowest BCUT2D eigenvalue weighted by molar-refractivity contribution is 0.0484. The summed E-state index contributed by atoms with van der Waals surface area (Å²) >= 11 is 0. The molecule has 2 fully saturated rings. The van der Waals surface area contributed by atoms with Crippen LogP contribution in [-0.4, -0.2) is 28.9 Å². The first kappa shape index (κ1) is 21.6. The first-order chi connectivity index (χ1) is 15.0. The summed E-state index contributed by atoms with van der Waals surface area (Å²) in [6.45, 7) is 6.65. The number of hydrogen-bond donors (Lipinski definition) is 0. The Kier molecular flexibility index (Phi) is 6.45. The van der Waals surface area contributed by atoms with Crippen LogP contribution >= 0.6 is 0 Å². The van der Waals surface area contributed by atoms with Crippen LogP contribution in [0.4, 0.5) is 4.79 Å². The van der Waals surface area contributed by atoms with Crippen molar-refractivity contribution in [1.82, 2.24) is 4.90 Å². The van der Waals surface area contributed by atoms with Crippen molar-refractivity contribution in [3.05, 3.63) is 70.3 Å². The van der Waals surface area contributed by atoms with Crippen LogP contribution in [0.3, 0.4) is 0 Å². The van der Waals surface area contributed by atoms with E-state index in [2.05, 4.69) is 32.9 Å². The van der Waals surface area contributed by atoms with E-state index in [1.807, 2.05) is 35.2 Å². The predicted molar refractivity (Wildman–Crippen MR) is 122 cm³/mol. The molecule has 4 rings (SSSR count). The normalized spacial score (nSPS) is 22.4. The molecular formula is C27H33NO3. The first-order valence-corrected chi connectivity index (χ1v) is 11.7. The molecule has 1 amide bonds. The van der Waals surface area contributed by atoms with E-state index in [4.69, 9.17) is 4.74 Å². The molecule has 2 aromatic carbocycles. The summed E-state index contributed by atoms with van der Waals surface area (Å²) in [6, 6.07) is 14.3. The van der Waals surface area contributed by atoms with Crippen molar-refractivity contribution >= 4 is 11.9 Å². The van der Waals surface area contributed by atoms with Gasteiger partial charge in [-0.15, -0.1) is 0 Å². The van der Waals surface area contributed by atoms with Gasteiger partial charge in [-0.05, 0) is 62.1 Å². The molecule has 4 heteroatoms. The number of fused-ring (bicyclic) bond motifs is 2. The summed E-state index contributed by atoms with van der Waals surface area (Å²) in [5.74, 6) is 0.275. The lowest BCUT2D eigenvalue weighted by Crippen LogP contribution is -2.48. The van der Waals surface area contributed by atoms with E-state index in [0.29, 0.717) is 6.61 Å². The average Bonchev–Trinajstić information content (AvgIpc) is 3.06. The van der Waals surface area contributed by atoms with Gasteiger partial charge in [0.05, 0.1) is 0 Å². The Bertz CT molecular complexity index is 913. The number of hydrogen-bond acceptors (Lipinski definition) is 3. The topological polar surface area (TPSA) is 46.6 Å². The molecule has 164 valence electrons. The van der Waals surface area contributed by atoms with E-state index in [0.717, 1.165) is 49.7 Å². The first-order valence-electron chi connectivity index (χ1n) is 11.7. The maximum Gasteiger partial charge on any atom is 0.410 e. The number of amides is 1. The Labute approximate surface area is 185 Å². The predicted octanol–water partition coefficient (Wildman–Crippen LogP) is 5.88. The highest BCUT2D eigenvalue weighted by atomic mass is 16.6. The summed E-state index contributed by atoms with van der Waals surface area (Å²) in [5.41, 5.74) is 5.49. The van der Waals surface area contributed by atoms with Gasteiger partial charge in [0.1, 0.15) is 6.61 Å². The van der Waals surface area contributed by atoms with Gasteiger partial charge in [0, 0.05) is 23.6 Å². The van der Waals surface area contributed by atoms with E-state index >= 15 is 0 Å². The maximum absolute atomic E-state index is 13.6. The molecule has 0 aliphatic carbocycles. The minimum atomic E-state index is -0.235. The van der Waals surface area contributed by atoms with Crippen LogP contribution in [-0.2, 0) is 24.2 Å². The third kappa shape index (κ3) is 4.39. The molecule has 2 aromatic rings. The number of aryl methyl sites for hydroxylation is 3. The van der Waals surface area contributed by atoms with Crippen LogP contribution in [0.15, 0.2) is 42.5 Å². The highest BCUT2D eigenvalue weighted by Crippen LogP contribution is 2.41. The van der Waals surface area contributed by atoms with Crippen LogP contribution in [0.5, 0.6) is 0 Å². The van der Waals surface area contributed by atoms with Crippen LogP contribution in [0.1, 0.15) is 72.1 Å². The van der Waals surface area contributed by atoms with Gasteiger partial charge in [-0.2, -0.15) is 0 Å². The standard InChI is InChI=1S/C27H33NO3/c1-4-20-13-18(3)14-21(5-2)25(20)26(29)22-15-23-11-12-24(16-22)28(23)27(30)31-17-19-9-7-6-8-10-19/h6-10,13-14,22-24H,4-5,11-12,15-17H2,1-3H3. The molecule has 0 spiro atoms. The average molecular weight is 420 g/mol. The highest BCUT2D eigenvalue weighted by molar-refractivity contribution is 6.01. The fraction of sp³-hybridized carbons (Fsp3) is 0.481. The Morgan fingerprint density at radius 3 is 2.10 bits per heavy atom. The van der Waals surface area contributed by atoms with Crippen molar-refractivity contribution in [2.75, 3.05) is 0 Å². The third-order valence-corrected chi connectivity index (χ3v) is 6.97. The van der Waals surface area contributed by atoms with Crippen molar-refractivity contribution in [3.8, 4) is 0 Å². The number of carbonyl (C=O) groups is 2. The number of rotatable bonds is 6. The smallest absolute Gasteiger partial charge is 0.410 e. The van der Waals surface area contributed by atoms with Gasteiger partial charge in [-0.1, -0.05) is 61.9 Å². The SMILES string of the molecule is CCc1cc(C)cc(CC)c1C(=O)C1CC2CCC(C1)N2C(=O)OCc1ccccc1. The van der Waals surface area contributed by atoms with Crippen LogP contribution in [0, 0.1) is 12.8 Å². The van der Waals surface area contributed by atoms with E-state index in [1.54, 1.807) is 0 Å². The van der Waals surface area contributed by atoms with Gasteiger partial charge in [-0.3, -0.25) is 4.79 Å². The number of carbonyl (C=O) groups excluding carboxylic acids is 2. The zero-order chi connectivity index (χ0) is 22.0. The molecule has 2 saturated heterocycles. The lowest BCUT2D eigenvalue weighted by atomic mass is 9.81. The van der Waals surface area contributed by atoms with Gasteiger partial charge in [0.15, 0.2) is 5.78 Å². The summed E-state index contributed by atoms with van der Waals surface area (Å²) in [5, 5.41) is 0. The molecule has 0 N–H and O–H groups in total. The fourth-order valence-electron chi connectivity index (χ4n) is 5.50. The number of Topliss-reactive ketones (excluding diaryl/α,β-unsaturated/α-hetero) is 1. The van der Waals surface area contributed by atoms with Gasteiger partial charge in [0.2, 0.25) is 0 Å². The maximum atomic E-state index is 13.6. The Morgan fingerprint density at radius 1 is 0.968 bits per heavy atom. The molecule has 2 bridgehead atoms. The molecule has 2 unspecified atom stereocenters. The summed E-state index contributed by atoms with van der Waals surface area (Å²) in [6.07, 6.45) is 4.92. The molecule has 2 aliphatic rings. The van der Waals surface area contributed by atoms with E-state index in [1.165, 1.54) is 16.7 Å². The highest BCUT2D eigenvalue weighted by Gasteiger charge is 2.46. The molecule has 0 saturated carbocycles. The van der Waals surface area contributed by atoms with E-state index < -0.39 is 0 Å². The molecule has 2 aliphatic heterocycles. The van der Waals surface area contributed by atoms with Gasteiger partial charge >= 0.3 is 6.09 Å². The second kappa shape index (κ2) is 9.25. The summed E-state index contributed by atoms with van der Waals surface area (Å²) in [7, 11) is 0. The minimum Gasteiger partial charge on any atom is -0.445 e. The number of benzene rings is 2. The van der Waals surface area contributed by atoms with Crippen molar-refractivity contribution in [2.45, 2.75) is 78.0 Å². The molecule has 2 atom stereocenters. The van der Waals surface area contributed by atoms with Crippen molar-refractivity contribution in [2.24, 2.45) is 5.92 Å². The summed E-state index contributed by atoms with van der Waals surface area (Å²) < 4.78 is 5.62. The van der Waals surface area contributed by atoms with Crippen LogP contribution in [0.25, 0.3) is 0 Å². The molecular weight excluding hydrogens is 386 g/mol. The minimum absolute atomic E-state index is 0.00557. The van der Waals surface area contributed by atoms with Crippen LogP contribution in [0.2, 0.25) is 0 Å². The lowest BCUT2D eigenvalue weighted by Gasteiger charge is -2.38. The van der Waals surface area contributed by atoms with E-state index in [-0.39, 0.29) is 29.9 Å². The monoisotopic (exact) mass is 419 g/mol. The van der Waals surface area contributed by atoms with Crippen molar-refractivity contribution in [1.29, 1.82) is 0 Å². The van der Waals surface area contributed by atoms with Crippen molar-refractivity contribution in [3.63, 3.8) is 0 Å². The summed E-state index contributed by atoms with van der Waals surface area (Å²) in [4.78, 5) is 28.4. The van der Waals surface area contributed by atoms with E-state index in [9.17, 15) is 9.59 Å². The van der Waals surface area contributed by atoms with Gasteiger partial charge in [0.25, 0.3) is 0 Å². The van der Waals surface area contributed by atoms with Crippen molar-refractivity contribution < 1.29 is 14.3 Å². The number of ketones is 1. The zero-order valence-corrected chi connectivity index (χ0v) is 18.9. The van der Waals surface area contributed by atoms with Gasteiger partial charge in [-0.25, -0.2) is 4.79 Å². The molecule has 2 heterocycles. The second-order valence-corrected chi connectivity index (χ2v) is 9.03. The fourth-order valence-corrected chi connectivity index (χ4v) is 5.50. The molecule has 0 radical (unpaired) electrons. The Balaban J connectivity index is 1.47. The Morgan fingerprint density at radius 2 is 1.55 bits per heavy atom. The number of nitrogens with zero attached hydrogens (tertiary/aromatic N) is 1.